The van der Waals surface area contributed by atoms with Crippen LogP contribution in [0.4, 0.5) is 0 Å². The molecule has 5 nitrogen and oxygen atoms in total. The lowest BCUT2D eigenvalue weighted by Gasteiger charge is -2.03. The summed E-state index contributed by atoms with van der Waals surface area (Å²) in [5.74, 6) is -2.25. The molecular weight excluding hydrogens is 198 g/mol. The summed E-state index contributed by atoms with van der Waals surface area (Å²) in [5, 5.41) is 17.6. The maximum absolute atomic E-state index is 10.8. The van der Waals surface area contributed by atoms with Gasteiger partial charge in [-0.3, -0.25) is 0 Å². The van der Waals surface area contributed by atoms with Gasteiger partial charge in [0.25, 0.3) is 0 Å². The summed E-state index contributed by atoms with van der Waals surface area (Å²) in [6.45, 7) is 0. The van der Waals surface area contributed by atoms with Crippen molar-refractivity contribution in [1.29, 1.82) is 0 Å². The summed E-state index contributed by atoms with van der Waals surface area (Å²) in [5.41, 5.74) is 0.0520. The number of aromatic carboxylic acids is 2. The number of hydrogen-bond acceptors (Lipinski definition) is 3. The van der Waals surface area contributed by atoms with E-state index in [2.05, 4.69) is 4.98 Å². The summed E-state index contributed by atoms with van der Waals surface area (Å²) in [4.78, 5) is 25.4. The van der Waals surface area contributed by atoms with Crippen molar-refractivity contribution in [3.05, 3.63) is 29.1 Å². The van der Waals surface area contributed by atoms with Crippen LogP contribution in [0.2, 0.25) is 0 Å². The van der Waals surface area contributed by atoms with E-state index in [0.717, 1.165) is 12.8 Å². The number of pyridine rings is 1. The van der Waals surface area contributed by atoms with Gasteiger partial charge in [-0.15, -0.1) is 0 Å². The van der Waals surface area contributed by atoms with E-state index in [1.54, 1.807) is 6.07 Å². The summed E-state index contributed by atoms with van der Waals surface area (Å²) in [6.07, 6.45) is 2.00. The summed E-state index contributed by atoms with van der Waals surface area (Å²) < 4.78 is 0. The Labute approximate surface area is 85.4 Å². The van der Waals surface area contributed by atoms with Crippen molar-refractivity contribution in [3.63, 3.8) is 0 Å². The van der Waals surface area contributed by atoms with Crippen LogP contribution in [0, 0.1) is 0 Å². The Kier molecular flexibility index (Phi) is 2.15. The van der Waals surface area contributed by atoms with E-state index in [9.17, 15) is 9.59 Å². The molecule has 0 atom stereocenters. The first-order valence-corrected chi connectivity index (χ1v) is 4.57. The van der Waals surface area contributed by atoms with Gasteiger partial charge in [-0.1, -0.05) is 0 Å². The molecule has 0 saturated heterocycles. The number of carboxylic acid groups (broad SMARTS) is 2. The van der Waals surface area contributed by atoms with Crippen LogP contribution in [0.1, 0.15) is 45.3 Å². The van der Waals surface area contributed by atoms with Gasteiger partial charge in [-0.25, -0.2) is 14.6 Å². The van der Waals surface area contributed by atoms with Crippen molar-refractivity contribution in [2.75, 3.05) is 0 Å². The van der Waals surface area contributed by atoms with Crippen LogP contribution in [-0.4, -0.2) is 27.1 Å². The van der Waals surface area contributed by atoms with E-state index < -0.39 is 11.9 Å². The molecule has 1 heterocycles. The van der Waals surface area contributed by atoms with Gasteiger partial charge in [0, 0.05) is 11.6 Å². The van der Waals surface area contributed by atoms with E-state index in [4.69, 9.17) is 10.2 Å². The number of nitrogens with zero attached hydrogens (tertiary/aromatic N) is 1. The van der Waals surface area contributed by atoms with Gasteiger partial charge in [0.2, 0.25) is 0 Å². The van der Waals surface area contributed by atoms with Gasteiger partial charge in [0.05, 0.1) is 5.56 Å². The fourth-order valence-electron chi connectivity index (χ4n) is 1.42. The van der Waals surface area contributed by atoms with E-state index >= 15 is 0 Å². The zero-order valence-electron chi connectivity index (χ0n) is 7.80. The molecule has 0 amide bonds. The zero-order chi connectivity index (χ0) is 11.0. The molecule has 2 rings (SSSR count). The Morgan fingerprint density at radius 2 is 1.87 bits per heavy atom. The second kappa shape index (κ2) is 3.34. The Balaban J connectivity index is 2.48. The molecule has 1 saturated carbocycles. The first kappa shape index (κ1) is 9.64. The van der Waals surface area contributed by atoms with Gasteiger partial charge in [-0.05, 0) is 25.0 Å². The molecule has 0 unspecified atom stereocenters. The molecule has 15 heavy (non-hydrogen) atoms. The van der Waals surface area contributed by atoms with Crippen molar-refractivity contribution in [3.8, 4) is 0 Å². The smallest absolute Gasteiger partial charge is 0.355 e. The predicted octanol–water partition coefficient (Wildman–Crippen LogP) is 1.36. The second-order valence-electron chi connectivity index (χ2n) is 3.52. The number of hydrogen-bond donors (Lipinski definition) is 2. The molecule has 1 aromatic rings. The highest BCUT2D eigenvalue weighted by Gasteiger charge is 2.27. The Morgan fingerprint density at radius 1 is 1.20 bits per heavy atom. The van der Waals surface area contributed by atoms with Crippen molar-refractivity contribution < 1.29 is 19.8 Å². The molecule has 0 radical (unpaired) electrons. The lowest BCUT2D eigenvalue weighted by Crippen LogP contribution is -2.11. The van der Waals surface area contributed by atoms with Gasteiger partial charge in [-0.2, -0.15) is 0 Å². The van der Waals surface area contributed by atoms with Crippen LogP contribution in [-0.2, 0) is 0 Å². The van der Waals surface area contributed by atoms with Gasteiger partial charge >= 0.3 is 11.9 Å². The van der Waals surface area contributed by atoms with E-state index in [0.29, 0.717) is 11.6 Å². The Hall–Kier alpha value is -1.91. The molecule has 0 aromatic carbocycles. The fourth-order valence-corrected chi connectivity index (χ4v) is 1.42. The monoisotopic (exact) mass is 207 g/mol. The van der Waals surface area contributed by atoms with Crippen LogP contribution in [0.25, 0.3) is 0 Å². The van der Waals surface area contributed by atoms with E-state index in [-0.39, 0.29) is 11.3 Å². The summed E-state index contributed by atoms with van der Waals surface area (Å²) in [7, 11) is 0. The van der Waals surface area contributed by atoms with Gasteiger partial charge in [0.1, 0.15) is 0 Å². The average Bonchev–Trinajstić information content (AvgIpc) is 2.99. The Bertz CT molecular complexity index is 437. The third kappa shape index (κ3) is 1.81. The van der Waals surface area contributed by atoms with Gasteiger partial charge < -0.3 is 10.2 Å². The minimum atomic E-state index is -1.30. The molecule has 1 aliphatic carbocycles. The van der Waals surface area contributed by atoms with Crippen molar-refractivity contribution in [1.82, 2.24) is 4.98 Å². The molecule has 78 valence electrons. The fraction of sp³-hybridized carbons (Fsp3) is 0.300. The van der Waals surface area contributed by atoms with Gasteiger partial charge in [0.15, 0.2) is 5.69 Å². The molecule has 1 fully saturated rings. The van der Waals surface area contributed by atoms with Crippen LogP contribution in [0.3, 0.4) is 0 Å². The molecular formula is C10H9NO4. The first-order chi connectivity index (χ1) is 7.09. The molecule has 0 aliphatic heterocycles. The third-order valence-electron chi connectivity index (χ3n) is 2.35. The highest BCUT2D eigenvalue weighted by Crippen LogP contribution is 2.39. The lowest BCUT2D eigenvalue weighted by atomic mass is 10.1. The minimum absolute atomic E-state index is 0.257. The normalized spacial score (nSPS) is 14.9. The van der Waals surface area contributed by atoms with E-state index in [1.807, 2.05) is 0 Å². The molecule has 1 aliphatic rings. The van der Waals surface area contributed by atoms with Crippen molar-refractivity contribution >= 4 is 11.9 Å². The SMILES string of the molecule is O=C(O)c1ccc(C2CC2)nc1C(=O)O. The number of rotatable bonds is 3. The highest BCUT2D eigenvalue weighted by atomic mass is 16.4. The third-order valence-corrected chi connectivity index (χ3v) is 2.35. The molecule has 1 aromatic heterocycles. The lowest BCUT2D eigenvalue weighted by molar-refractivity contribution is 0.0646. The van der Waals surface area contributed by atoms with Crippen LogP contribution < -0.4 is 0 Å². The molecule has 0 spiro atoms. The summed E-state index contributed by atoms with van der Waals surface area (Å²) >= 11 is 0. The highest BCUT2D eigenvalue weighted by molar-refractivity contribution is 6.00. The maximum atomic E-state index is 10.8. The van der Waals surface area contributed by atoms with Crippen LogP contribution in [0.5, 0.6) is 0 Å². The van der Waals surface area contributed by atoms with Crippen molar-refractivity contribution in [2.45, 2.75) is 18.8 Å². The first-order valence-electron chi connectivity index (χ1n) is 4.57. The van der Waals surface area contributed by atoms with E-state index in [1.165, 1.54) is 6.07 Å². The number of carbonyl (C=O) groups is 2. The number of carboxylic acids is 2. The second-order valence-corrected chi connectivity index (χ2v) is 3.52. The molecule has 2 N–H and O–H groups in total. The van der Waals surface area contributed by atoms with Crippen molar-refractivity contribution in [2.24, 2.45) is 0 Å². The maximum Gasteiger partial charge on any atom is 0.355 e. The van der Waals surface area contributed by atoms with Crippen LogP contribution >= 0.6 is 0 Å². The molecule has 0 bridgehead atoms. The summed E-state index contributed by atoms with van der Waals surface area (Å²) in [6, 6.07) is 2.90. The number of aromatic nitrogens is 1. The zero-order valence-corrected chi connectivity index (χ0v) is 7.80. The quantitative estimate of drug-likeness (QED) is 0.781. The minimum Gasteiger partial charge on any atom is -0.478 e. The topological polar surface area (TPSA) is 87.5 Å². The largest absolute Gasteiger partial charge is 0.478 e. The predicted molar refractivity (Wildman–Crippen MR) is 50.1 cm³/mol. The standard InChI is InChI=1S/C10H9NO4/c12-9(13)6-3-4-7(5-1-2-5)11-8(6)10(14)15/h3-5H,1-2H2,(H,12,13)(H,14,15). The Morgan fingerprint density at radius 3 is 2.33 bits per heavy atom. The average molecular weight is 207 g/mol. The van der Waals surface area contributed by atoms with Crippen LogP contribution in [0.15, 0.2) is 12.1 Å². The molecule has 5 heteroatoms.